The van der Waals surface area contributed by atoms with Crippen LogP contribution >= 0.6 is 0 Å². The van der Waals surface area contributed by atoms with Crippen molar-refractivity contribution in [1.82, 2.24) is 4.90 Å². The highest BCUT2D eigenvalue weighted by atomic mass is 16.5. The van der Waals surface area contributed by atoms with E-state index in [0.29, 0.717) is 0 Å². The number of aryl methyl sites for hydroxylation is 1. The van der Waals surface area contributed by atoms with E-state index in [2.05, 4.69) is 24.0 Å². The normalized spacial score (nSPS) is 14.4. The van der Waals surface area contributed by atoms with Gasteiger partial charge in [-0.25, -0.2) is 0 Å². The minimum absolute atomic E-state index is 0.158. The average Bonchev–Trinajstić information content (AvgIpc) is 2.49. The molecule has 0 spiro atoms. The molecule has 1 aromatic rings. The standard InChI is InChI=1S/C14H20N2O2.C2H6/c1-11-4-5-13(14(10-11)18-3)16-8-6-15(7-9-16)12(2)17;1-2/h4-5,10H,6-9H2,1-3H3;1-2H3. The summed E-state index contributed by atoms with van der Waals surface area (Å²) >= 11 is 0. The molecule has 1 aromatic carbocycles. The van der Waals surface area contributed by atoms with Gasteiger partial charge in [-0.1, -0.05) is 19.9 Å². The summed E-state index contributed by atoms with van der Waals surface area (Å²) in [6.45, 7) is 11.0. The number of nitrogens with zero attached hydrogens (tertiary/aromatic N) is 2. The van der Waals surface area contributed by atoms with Crippen molar-refractivity contribution in [3.63, 3.8) is 0 Å². The average molecular weight is 278 g/mol. The summed E-state index contributed by atoms with van der Waals surface area (Å²) in [6.07, 6.45) is 0. The maximum atomic E-state index is 11.3. The second-order valence-electron chi connectivity index (χ2n) is 4.67. The smallest absolute Gasteiger partial charge is 0.219 e. The van der Waals surface area contributed by atoms with E-state index in [4.69, 9.17) is 4.74 Å². The van der Waals surface area contributed by atoms with Gasteiger partial charge in [0.15, 0.2) is 0 Å². The molecule has 1 amide bonds. The summed E-state index contributed by atoms with van der Waals surface area (Å²) in [4.78, 5) is 15.5. The summed E-state index contributed by atoms with van der Waals surface area (Å²) in [5.74, 6) is 1.07. The van der Waals surface area contributed by atoms with Crippen LogP contribution < -0.4 is 9.64 Å². The maximum Gasteiger partial charge on any atom is 0.219 e. The van der Waals surface area contributed by atoms with Crippen molar-refractivity contribution < 1.29 is 9.53 Å². The van der Waals surface area contributed by atoms with E-state index in [-0.39, 0.29) is 5.91 Å². The van der Waals surface area contributed by atoms with Crippen LogP contribution in [0.15, 0.2) is 18.2 Å². The van der Waals surface area contributed by atoms with Crippen LogP contribution in [0.2, 0.25) is 0 Å². The Morgan fingerprint density at radius 2 is 1.75 bits per heavy atom. The van der Waals surface area contributed by atoms with E-state index >= 15 is 0 Å². The van der Waals surface area contributed by atoms with Crippen LogP contribution in [0.3, 0.4) is 0 Å². The summed E-state index contributed by atoms with van der Waals surface area (Å²) in [6, 6.07) is 6.24. The van der Waals surface area contributed by atoms with Gasteiger partial charge in [-0.05, 0) is 24.6 Å². The molecule has 0 radical (unpaired) electrons. The minimum atomic E-state index is 0.158. The largest absolute Gasteiger partial charge is 0.495 e. The van der Waals surface area contributed by atoms with Gasteiger partial charge < -0.3 is 14.5 Å². The number of ether oxygens (including phenoxy) is 1. The van der Waals surface area contributed by atoms with Crippen molar-refractivity contribution in [2.24, 2.45) is 0 Å². The molecule has 1 saturated heterocycles. The van der Waals surface area contributed by atoms with Gasteiger partial charge >= 0.3 is 0 Å². The number of benzene rings is 1. The number of carbonyl (C=O) groups excluding carboxylic acids is 1. The van der Waals surface area contributed by atoms with E-state index in [1.54, 1.807) is 14.0 Å². The molecule has 0 aliphatic carbocycles. The molecule has 2 rings (SSSR count). The van der Waals surface area contributed by atoms with Crippen molar-refractivity contribution in [2.45, 2.75) is 27.7 Å². The molecule has 0 N–H and O–H groups in total. The Morgan fingerprint density at radius 3 is 2.25 bits per heavy atom. The molecule has 1 heterocycles. The van der Waals surface area contributed by atoms with Crippen LogP contribution in [0.5, 0.6) is 5.75 Å². The maximum absolute atomic E-state index is 11.3. The molecule has 112 valence electrons. The molecule has 4 heteroatoms. The van der Waals surface area contributed by atoms with Crippen LogP contribution in [-0.4, -0.2) is 44.1 Å². The van der Waals surface area contributed by atoms with Crippen molar-refractivity contribution >= 4 is 11.6 Å². The van der Waals surface area contributed by atoms with Crippen LogP contribution in [-0.2, 0) is 4.79 Å². The lowest BCUT2D eigenvalue weighted by atomic mass is 10.1. The van der Waals surface area contributed by atoms with Gasteiger partial charge in [-0.15, -0.1) is 0 Å². The highest BCUT2D eigenvalue weighted by Gasteiger charge is 2.20. The van der Waals surface area contributed by atoms with Gasteiger partial charge in [0.1, 0.15) is 5.75 Å². The molecular weight excluding hydrogens is 252 g/mol. The lowest BCUT2D eigenvalue weighted by Gasteiger charge is -2.36. The topological polar surface area (TPSA) is 32.8 Å². The molecule has 1 fully saturated rings. The summed E-state index contributed by atoms with van der Waals surface area (Å²) in [5.41, 5.74) is 2.31. The van der Waals surface area contributed by atoms with Crippen molar-refractivity contribution in [1.29, 1.82) is 0 Å². The quantitative estimate of drug-likeness (QED) is 0.834. The van der Waals surface area contributed by atoms with Gasteiger partial charge in [-0.2, -0.15) is 0 Å². The first kappa shape index (κ1) is 16.3. The minimum Gasteiger partial charge on any atom is -0.495 e. The van der Waals surface area contributed by atoms with Gasteiger partial charge in [0.2, 0.25) is 5.91 Å². The highest BCUT2D eigenvalue weighted by Crippen LogP contribution is 2.29. The molecule has 20 heavy (non-hydrogen) atoms. The van der Waals surface area contributed by atoms with Crippen molar-refractivity contribution in [2.75, 3.05) is 38.2 Å². The molecule has 1 aliphatic heterocycles. The number of hydrogen-bond donors (Lipinski definition) is 0. The van der Waals surface area contributed by atoms with Gasteiger partial charge in [-0.3, -0.25) is 4.79 Å². The predicted molar refractivity (Wildman–Crippen MR) is 83.5 cm³/mol. The van der Waals surface area contributed by atoms with E-state index in [1.165, 1.54) is 5.56 Å². The van der Waals surface area contributed by atoms with Gasteiger partial charge in [0.25, 0.3) is 0 Å². The number of carbonyl (C=O) groups is 1. The lowest BCUT2D eigenvalue weighted by molar-refractivity contribution is -0.129. The molecular formula is C16H26N2O2. The SMILES string of the molecule is CC.COc1cc(C)ccc1N1CCN(C(C)=O)CC1. The zero-order valence-corrected chi connectivity index (χ0v) is 13.3. The number of piperazine rings is 1. The Balaban J connectivity index is 0.000000956. The number of amides is 1. The Kier molecular flexibility index (Phi) is 6.36. The summed E-state index contributed by atoms with van der Waals surface area (Å²) < 4.78 is 5.43. The zero-order valence-electron chi connectivity index (χ0n) is 13.3. The Morgan fingerprint density at radius 1 is 1.15 bits per heavy atom. The molecule has 0 atom stereocenters. The zero-order chi connectivity index (χ0) is 15.1. The molecule has 0 aromatic heterocycles. The van der Waals surface area contributed by atoms with Crippen molar-refractivity contribution in [3.8, 4) is 5.75 Å². The second kappa shape index (κ2) is 7.78. The van der Waals surface area contributed by atoms with E-state index < -0.39 is 0 Å². The molecule has 1 aliphatic rings. The van der Waals surface area contributed by atoms with Gasteiger partial charge in [0, 0.05) is 33.1 Å². The van der Waals surface area contributed by atoms with E-state index in [1.807, 2.05) is 24.8 Å². The molecule has 0 bridgehead atoms. The van der Waals surface area contributed by atoms with Crippen LogP contribution in [0.25, 0.3) is 0 Å². The fourth-order valence-corrected chi connectivity index (χ4v) is 2.31. The molecule has 0 saturated carbocycles. The summed E-state index contributed by atoms with van der Waals surface area (Å²) in [7, 11) is 1.70. The highest BCUT2D eigenvalue weighted by molar-refractivity contribution is 5.73. The van der Waals surface area contributed by atoms with E-state index in [9.17, 15) is 4.79 Å². The second-order valence-corrected chi connectivity index (χ2v) is 4.67. The molecule has 0 unspecified atom stereocenters. The fraction of sp³-hybridized carbons (Fsp3) is 0.562. The van der Waals surface area contributed by atoms with Crippen LogP contribution in [0.1, 0.15) is 26.3 Å². The third-order valence-corrected chi connectivity index (χ3v) is 3.40. The van der Waals surface area contributed by atoms with Crippen LogP contribution in [0, 0.1) is 6.92 Å². The third-order valence-electron chi connectivity index (χ3n) is 3.40. The Bertz CT molecular complexity index is 438. The lowest BCUT2D eigenvalue weighted by Crippen LogP contribution is -2.48. The first-order valence-electron chi connectivity index (χ1n) is 7.27. The number of rotatable bonds is 2. The van der Waals surface area contributed by atoms with Crippen LogP contribution in [0.4, 0.5) is 5.69 Å². The first-order chi connectivity index (χ1) is 9.61. The molecule has 4 nitrogen and oxygen atoms in total. The number of methoxy groups -OCH3 is 1. The summed E-state index contributed by atoms with van der Waals surface area (Å²) in [5, 5.41) is 0. The van der Waals surface area contributed by atoms with E-state index in [0.717, 1.165) is 37.6 Å². The predicted octanol–water partition coefficient (Wildman–Crippen LogP) is 2.70. The van der Waals surface area contributed by atoms with Gasteiger partial charge in [0.05, 0.1) is 12.8 Å². The Hall–Kier alpha value is -1.71. The first-order valence-corrected chi connectivity index (χ1v) is 7.27. The fourth-order valence-electron chi connectivity index (χ4n) is 2.31. The Labute approximate surface area is 122 Å². The number of anilines is 1. The monoisotopic (exact) mass is 278 g/mol. The number of hydrogen-bond acceptors (Lipinski definition) is 3. The van der Waals surface area contributed by atoms with Crippen molar-refractivity contribution in [3.05, 3.63) is 23.8 Å². The third kappa shape index (κ3) is 3.89.